The van der Waals surface area contributed by atoms with Crippen LogP contribution in [0.1, 0.15) is 12.6 Å². The van der Waals surface area contributed by atoms with Crippen LogP contribution in [0.25, 0.3) is 17.0 Å². The predicted octanol–water partition coefficient (Wildman–Crippen LogP) is 2.87. The molecule has 0 bridgehead atoms. The van der Waals surface area contributed by atoms with Gasteiger partial charge in [-0.25, -0.2) is 4.98 Å². The highest BCUT2D eigenvalue weighted by molar-refractivity contribution is 9.10. The van der Waals surface area contributed by atoms with Gasteiger partial charge in [-0.3, -0.25) is 9.08 Å². The third-order valence-corrected chi connectivity index (χ3v) is 4.10. The quantitative estimate of drug-likeness (QED) is 0.790. The molecule has 98 valence electrons. The summed E-state index contributed by atoms with van der Waals surface area (Å²) in [7, 11) is 0. The van der Waals surface area contributed by atoms with Gasteiger partial charge in [0.15, 0.2) is 0 Å². The van der Waals surface area contributed by atoms with Gasteiger partial charge in [-0.15, -0.1) is 0 Å². The van der Waals surface area contributed by atoms with Gasteiger partial charge in [-0.05, 0) is 48.0 Å². The average molecular weight is 320 g/mol. The number of fused-ring (bicyclic) bond motifs is 1. The van der Waals surface area contributed by atoms with E-state index in [0.29, 0.717) is 5.82 Å². The van der Waals surface area contributed by atoms with E-state index < -0.39 is 0 Å². The standard InChI is InChI=1S/C13H14BrN5/c1-3-18-10(6-7-16-18)12-13(15)19-8(2)9(14)4-5-11(19)17-12/h4-7H,3,15H2,1-2H3. The van der Waals surface area contributed by atoms with Gasteiger partial charge in [0.05, 0.1) is 5.69 Å². The Morgan fingerprint density at radius 1 is 1.32 bits per heavy atom. The lowest BCUT2D eigenvalue weighted by molar-refractivity contribution is 0.666. The van der Waals surface area contributed by atoms with Crippen LogP contribution in [-0.2, 0) is 6.54 Å². The van der Waals surface area contributed by atoms with Crippen LogP contribution in [0, 0.1) is 6.92 Å². The number of hydrogen-bond acceptors (Lipinski definition) is 3. The van der Waals surface area contributed by atoms with Crippen molar-refractivity contribution in [3.8, 4) is 11.4 Å². The normalized spacial score (nSPS) is 11.3. The first-order chi connectivity index (χ1) is 9.13. The average Bonchev–Trinajstić information content (AvgIpc) is 2.98. The first-order valence-corrected chi connectivity index (χ1v) is 6.88. The molecule has 3 heterocycles. The molecule has 0 amide bonds. The zero-order valence-corrected chi connectivity index (χ0v) is 12.3. The highest BCUT2D eigenvalue weighted by Gasteiger charge is 2.16. The van der Waals surface area contributed by atoms with Crippen molar-refractivity contribution in [2.75, 3.05) is 5.73 Å². The Kier molecular flexibility index (Phi) is 2.82. The zero-order chi connectivity index (χ0) is 13.6. The first-order valence-electron chi connectivity index (χ1n) is 6.08. The summed E-state index contributed by atoms with van der Waals surface area (Å²) >= 11 is 3.51. The van der Waals surface area contributed by atoms with Crippen molar-refractivity contribution in [2.45, 2.75) is 20.4 Å². The van der Waals surface area contributed by atoms with E-state index in [-0.39, 0.29) is 0 Å². The number of rotatable bonds is 2. The highest BCUT2D eigenvalue weighted by atomic mass is 79.9. The first kappa shape index (κ1) is 12.2. The van der Waals surface area contributed by atoms with Crippen LogP contribution in [0.3, 0.4) is 0 Å². The number of hydrogen-bond donors (Lipinski definition) is 1. The molecule has 0 radical (unpaired) electrons. The second kappa shape index (κ2) is 4.38. The molecule has 0 aliphatic rings. The number of anilines is 1. The number of aromatic nitrogens is 4. The molecule has 2 N–H and O–H groups in total. The molecule has 19 heavy (non-hydrogen) atoms. The predicted molar refractivity (Wildman–Crippen MR) is 78.9 cm³/mol. The van der Waals surface area contributed by atoms with Crippen molar-refractivity contribution in [2.24, 2.45) is 0 Å². The van der Waals surface area contributed by atoms with Crippen molar-refractivity contribution in [3.05, 3.63) is 34.6 Å². The molecule has 6 heteroatoms. The molecule has 0 saturated carbocycles. The molecular weight excluding hydrogens is 306 g/mol. The second-order valence-corrected chi connectivity index (χ2v) is 5.19. The monoisotopic (exact) mass is 319 g/mol. The summed E-state index contributed by atoms with van der Waals surface area (Å²) in [6.45, 7) is 4.85. The molecule has 0 aliphatic carbocycles. The molecule has 0 unspecified atom stereocenters. The van der Waals surface area contributed by atoms with Crippen LogP contribution < -0.4 is 5.73 Å². The fraction of sp³-hybridized carbons (Fsp3) is 0.231. The van der Waals surface area contributed by atoms with E-state index in [4.69, 9.17) is 5.73 Å². The largest absolute Gasteiger partial charge is 0.383 e. The molecule has 3 aromatic rings. The summed E-state index contributed by atoms with van der Waals surface area (Å²) < 4.78 is 4.86. The van der Waals surface area contributed by atoms with Gasteiger partial charge in [0.1, 0.15) is 17.2 Å². The molecule has 0 atom stereocenters. The zero-order valence-electron chi connectivity index (χ0n) is 10.8. The van der Waals surface area contributed by atoms with E-state index in [2.05, 4.69) is 26.0 Å². The minimum Gasteiger partial charge on any atom is -0.383 e. The number of imidazole rings is 1. The van der Waals surface area contributed by atoms with Crippen molar-refractivity contribution in [3.63, 3.8) is 0 Å². The fourth-order valence-electron chi connectivity index (χ4n) is 2.26. The fourth-order valence-corrected chi connectivity index (χ4v) is 2.57. The van der Waals surface area contributed by atoms with Gasteiger partial charge in [-0.2, -0.15) is 5.10 Å². The van der Waals surface area contributed by atoms with E-state index in [1.165, 1.54) is 0 Å². The van der Waals surface area contributed by atoms with Crippen LogP contribution in [0.4, 0.5) is 5.82 Å². The van der Waals surface area contributed by atoms with Crippen LogP contribution in [0.5, 0.6) is 0 Å². The molecule has 5 nitrogen and oxygen atoms in total. The summed E-state index contributed by atoms with van der Waals surface area (Å²) in [5.74, 6) is 0.643. The number of aryl methyl sites for hydroxylation is 2. The summed E-state index contributed by atoms with van der Waals surface area (Å²) in [6.07, 6.45) is 1.77. The Labute approximate surface area is 119 Å². The van der Waals surface area contributed by atoms with E-state index in [1.807, 2.05) is 41.1 Å². The van der Waals surface area contributed by atoms with Gasteiger partial charge in [0, 0.05) is 22.9 Å². The van der Waals surface area contributed by atoms with Gasteiger partial charge >= 0.3 is 0 Å². The van der Waals surface area contributed by atoms with Crippen molar-refractivity contribution in [1.29, 1.82) is 0 Å². The van der Waals surface area contributed by atoms with Crippen LogP contribution >= 0.6 is 15.9 Å². The maximum absolute atomic E-state index is 6.26. The molecule has 0 spiro atoms. The molecule has 0 fully saturated rings. The minimum absolute atomic E-state index is 0.643. The van der Waals surface area contributed by atoms with Crippen LogP contribution in [0.2, 0.25) is 0 Å². The number of nitrogen functional groups attached to an aromatic ring is 1. The molecule has 3 aromatic heterocycles. The Balaban J connectivity index is 2.32. The van der Waals surface area contributed by atoms with E-state index in [0.717, 1.165) is 33.7 Å². The maximum atomic E-state index is 6.26. The van der Waals surface area contributed by atoms with Gasteiger partial charge in [0.25, 0.3) is 0 Å². The van der Waals surface area contributed by atoms with Gasteiger partial charge in [-0.1, -0.05) is 0 Å². The van der Waals surface area contributed by atoms with Crippen LogP contribution in [0.15, 0.2) is 28.9 Å². The summed E-state index contributed by atoms with van der Waals surface area (Å²) in [4.78, 5) is 4.62. The lowest BCUT2D eigenvalue weighted by Gasteiger charge is -2.05. The Bertz CT molecular complexity index is 756. The highest BCUT2D eigenvalue weighted by Crippen LogP contribution is 2.29. The molecule has 0 saturated heterocycles. The summed E-state index contributed by atoms with van der Waals surface area (Å²) in [6, 6.07) is 5.87. The number of halogens is 1. The lowest BCUT2D eigenvalue weighted by atomic mass is 10.3. The lowest BCUT2D eigenvalue weighted by Crippen LogP contribution is -2.02. The van der Waals surface area contributed by atoms with E-state index >= 15 is 0 Å². The van der Waals surface area contributed by atoms with E-state index in [1.54, 1.807) is 6.20 Å². The third kappa shape index (κ3) is 1.74. The summed E-state index contributed by atoms with van der Waals surface area (Å²) in [5, 5.41) is 4.26. The van der Waals surface area contributed by atoms with Crippen molar-refractivity contribution in [1.82, 2.24) is 19.2 Å². The molecule has 0 aliphatic heterocycles. The topological polar surface area (TPSA) is 61.1 Å². The molecule has 0 aromatic carbocycles. The number of nitrogens with two attached hydrogens (primary N) is 1. The minimum atomic E-state index is 0.643. The van der Waals surface area contributed by atoms with Gasteiger partial charge in [0.2, 0.25) is 0 Å². The van der Waals surface area contributed by atoms with Gasteiger partial charge < -0.3 is 5.73 Å². The van der Waals surface area contributed by atoms with Crippen molar-refractivity contribution >= 4 is 27.4 Å². The number of pyridine rings is 1. The SMILES string of the molecule is CCn1nccc1-c1nc2ccc(Br)c(C)n2c1N. The Morgan fingerprint density at radius 2 is 2.11 bits per heavy atom. The molecule has 3 rings (SSSR count). The van der Waals surface area contributed by atoms with Crippen LogP contribution in [-0.4, -0.2) is 19.2 Å². The van der Waals surface area contributed by atoms with Crippen molar-refractivity contribution < 1.29 is 0 Å². The third-order valence-electron chi connectivity index (χ3n) is 3.26. The smallest absolute Gasteiger partial charge is 0.139 e. The second-order valence-electron chi connectivity index (χ2n) is 4.34. The maximum Gasteiger partial charge on any atom is 0.139 e. The summed E-state index contributed by atoms with van der Waals surface area (Å²) in [5.41, 5.74) is 9.87. The Hall–Kier alpha value is -1.82. The Morgan fingerprint density at radius 3 is 2.84 bits per heavy atom. The number of nitrogens with zero attached hydrogens (tertiary/aromatic N) is 4. The molecular formula is C13H14BrN5. The van der Waals surface area contributed by atoms with E-state index in [9.17, 15) is 0 Å².